The lowest BCUT2D eigenvalue weighted by Gasteiger charge is -2.45. The van der Waals surface area contributed by atoms with E-state index in [4.69, 9.17) is 7.85 Å². The van der Waals surface area contributed by atoms with Crippen molar-refractivity contribution in [2.45, 2.75) is 45.9 Å². The van der Waals surface area contributed by atoms with E-state index in [0.717, 1.165) is 19.4 Å². The van der Waals surface area contributed by atoms with Crippen LogP contribution in [0.1, 0.15) is 40.5 Å². The summed E-state index contributed by atoms with van der Waals surface area (Å²) in [5, 5.41) is -0.0219. The van der Waals surface area contributed by atoms with E-state index in [1.165, 1.54) is 6.54 Å². The van der Waals surface area contributed by atoms with Gasteiger partial charge in [-0.1, -0.05) is 39.4 Å². The molecule has 2 heteroatoms. The quantitative estimate of drug-likeness (QED) is 0.579. The summed E-state index contributed by atoms with van der Waals surface area (Å²) in [5.74, 6) is 0.711. The Morgan fingerprint density at radius 3 is 2.50 bits per heavy atom. The van der Waals surface area contributed by atoms with Crippen molar-refractivity contribution in [2.75, 3.05) is 20.1 Å². The fraction of sp³-hybridized carbons (Fsp3) is 1.00. The molecule has 1 aliphatic rings. The maximum atomic E-state index is 6.49. The van der Waals surface area contributed by atoms with E-state index >= 15 is 0 Å². The monoisotopic (exact) mass is 193 g/mol. The zero-order valence-electron chi connectivity index (χ0n) is 10.4. The minimum absolute atomic E-state index is 0.0219. The number of hydrogen-bond acceptors (Lipinski definition) is 1. The first kappa shape index (κ1) is 12.1. The molecule has 3 atom stereocenters. The van der Waals surface area contributed by atoms with Crippen LogP contribution in [0, 0.1) is 11.3 Å². The molecule has 3 unspecified atom stereocenters. The van der Waals surface area contributed by atoms with Crippen molar-refractivity contribution >= 4 is 7.85 Å². The van der Waals surface area contributed by atoms with E-state index < -0.39 is 0 Å². The van der Waals surface area contributed by atoms with Crippen molar-refractivity contribution in [3.8, 4) is 0 Å². The zero-order valence-corrected chi connectivity index (χ0v) is 10.4. The van der Waals surface area contributed by atoms with E-state index in [9.17, 15) is 0 Å². The van der Waals surface area contributed by atoms with Gasteiger partial charge in [-0.25, -0.2) is 0 Å². The predicted molar refractivity (Wildman–Crippen MR) is 63.8 cm³/mol. The molecule has 14 heavy (non-hydrogen) atoms. The summed E-state index contributed by atoms with van der Waals surface area (Å²) in [5.41, 5.74) is 0.256. The van der Waals surface area contributed by atoms with Gasteiger partial charge in [0.25, 0.3) is 0 Å². The summed E-state index contributed by atoms with van der Waals surface area (Å²) in [7, 11) is 8.71. The molecule has 0 amide bonds. The average molecular weight is 193 g/mol. The van der Waals surface area contributed by atoms with E-state index in [-0.39, 0.29) is 10.7 Å². The van der Waals surface area contributed by atoms with Crippen LogP contribution in [-0.4, -0.2) is 32.9 Å². The average Bonchev–Trinajstić information content (AvgIpc) is 2.07. The molecule has 1 fully saturated rings. The van der Waals surface area contributed by atoms with Gasteiger partial charge in [0.15, 0.2) is 0 Å². The summed E-state index contributed by atoms with van der Waals surface area (Å²) in [6.07, 6.45) is 2.30. The third kappa shape index (κ3) is 2.16. The molecule has 0 bridgehead atoms. The van der Waals surface area contributed by atoms with Crippen LogP contribution in [-0.2, 0) is 0 Å². The number of likely N-dealkylation sites (tertiary alicyclic amines) is 1. The molecule has 0 saturated carbocycles. The van der Waals surface area contributed by atoms with Crippen LogP contribution in [0.5, 0.6) is 0 Å². The van der Waals surface area contributed by atoms with Crippen LogP contribution in [0.2, 0.25) is 5.31 Å². The maximum Gasteiger partial charge on any atom is 0.0750 e. The highest BCUT2D eigenvalue weighted by molar-refractivity contribution is 6.15. The summed E-state index contributed by atoms with van der Waals surface area (Å²) in [4.78, 5) is 2.44. The fourth-order valence-corrected chi connectivity index (χ4v) is 2.92. The third-order valence-corrected chi connectivity index (χ3v) is 4.17. The van der Waals surface area contributed by atoms with Crippen LogP contribution in [0.4, 0.5) is 0 Å². The van der Waals surface area contributed by atoms with Gasteiger partial charge in [-0.15, -0.1) is 0 Å². The normalized spacial score (nSPS) is 46.2. The largest absolute Gasteiger partial charge is 0.306 e. The molecule has 1 heterocycles. The molecule has 1 rings (SSSR count). The van der Waals surface area contributed by atoms with Crippen molar-refractivity contribution in [3.63, 3.8) is 0 Å². The van der Waals surface area contributed by atoms with Gasteiger partial charge in [-0.3, -0.25) is 0 Å². The smallest absolute Gasteiger partial charge is 0.0750 e. The van der Waals surface area contributed by atoms with Gasteiger partial charge in [0.05, 0.1) is 7.85 Å². The molecular weight excluding hydrogens is 169 g/mol. The molecule has 80 valence electrons. The second-order valence-electron chi connectivity index (χ2n) is 5.84. The van der Waals surface area contributed by atoms with Crippen LogP contribution in [0.25, 0.3) is 0 Å². The number of hydrogen-bond donors (Lipinski definition) is 0. The fourth-order valence-electron chi connectivity index (χ4n) is 2.92. The van der Waals surface area contributed by atoms with Crippen LogP contribution >= 0.6 is 0 Å². The maximum absolute atomic E-state index is 6.49. The highest BCUT2D eigenvalue weighted by atomic mass is 15.1. The van der Waals surface area contributed by atoms with E-state index in [1.807, 2.05) is 0 Å². The Balaban J connectivity index is 2.92. The summed E-state index contributed by atoms with van der Waals surface area (Å²) in [6, 6.07) is 0. The third-order valence-electron chi connectivity index (χ3n) is 4.17. The van der Waals surface area contributed by atoms with Crippen molar-refractivity contribution < 1.29 is 0 Å². The minimum Gasteiger partial charge on any atom is -0.306 e. The Hall–Kier alpha value is 0.0249. The standard InChI is InChI=1S/C12H24BN/c1-6-11(3)9-14(5)8-10(2)7-12(11,4)13/h10H,6-9H2,1-5H3. The van der Waals surface area contributed by atoms with Crippen LogP contribution in [0.15, 0.2) is 0 Å². The minimum atomic E-state index is -0.0219. The molecule has 1 saturated heterocycles. The van der Waals surface area contributed by atoms with Gasteiger partial charge in [0, 0.05) is 13.1 Å². The molecule has 1 nitrogen and oxygen atoms in total. The van der Waals surface area contributed by atoms with Gasteiger partial charge in [-0.05, 0) is 24.8 Å². The summed E-state index contributed by atoms with van der Waals surface area (Å²) < 4.78 is 0. The van der Waals surface area contributed by atoms with Crippen molar-refractivity contribution in [1.29, 1.82) is 0 Å². The topological polar surface area (TPSA) is 3.24 Å². The van der Waals surface area contributed by atoms with Gasteiger partial charge in [-0.2, -0.15) is 0 Å². The van der Waals surface area contributed by atoms with E-state index in [1.54, 1.807) is 0 Å². The van der Waals surface area contributed by atoms with Crippen molar-refractivity contribution in [1.82, 2.24) is 4.90 Å². The zero-order chi connectivity index (χ0) is 11.0. The molecule has 0 aliphatic carbocycles. The molecular formula is C12H24BN. The van der Waals surface area contributed by atoms with E-state index in [2.05, 4.69) is 39.6 Å². The summed E-state index contributed by atoms with van der Waals surface area (Å²) >= 11 is 0. The lowest BCUT2D eigenvalue weighted by atomic mass is 9.51. The molecule has 2 radical (unpaired) electrons. The Morgan fingerprint density at radius 2 is 2.00 bits per heavy atom. The molecule has 0 N–H and O–H groups in total. The van der Waals surface area contributed by atoms with Crippen molar-refractivity contribution in [3.05, 3.63) is 0 Å². The van der Waals surface area contributed by atoms with Gasteiger partial charge in [0.2, 0.25) is 0 Å². The van der Waals surface area contributed by atoms with Crippen LogP contribution in [0.3, 0.4) is 0 Å². The molecule has 0 aromatic heterocycles. The first-order valence-electron chi connectivity index (χ1n) is 5.78. The van der Waals surface area contributed by atoms with Gasteiger partial charge >= 0.3 is 0 Å². The Bertz CT molecular complexity index is 202. The van der Waals surface area contributed by atoms with Crippen molar-refractivity contribution in [2.24, 2.45) is 11.3 Å². The SMILES string of the molecule is [B]C1(C)CC(C)CN(C)CC1(C)CC. The first-order valence-corrected chi connectivity index (χ1v) is 5.78. The van der Waals surface area contributed by atoms with Crippen LogP contribution < -0.4 is 0 Å². The van der Waals surface area contributed by atoms with Gasteiger partial charge in [0.1, 0.15) is 0 Å². The van der Waals surface area contributed by atoms with E-state index in [0.29, 0.717) is 5.92 Å². The lowest BCUT2D eigenvalue weighted by molar-refractivity contribution is 0.157. The Labute approximate surface area is 90.7 Å². The molecule has 0 aromatic rings. The number of rotatable bonds is 1. The first-order chi connectivity index (χ1) is 6.31. The van der Waals surface area contributed by atoms with Gasteiger partial charge < -0.3 is 4.90 Å². The Morgan fingerprint density at radius 1 is 1.43 bits per heavy atom. The summed E-state index contributed by atoms with van der Waals surface area (Å²) in [6.45, 7) is 11.4. The highest BCUT2D eigenvalue weighted by Gasteiger charge is 2.42. The molecule has 1 aliphatic heterocycles. The number of nitrogens with zero attached hydrogens (tertiary/aromatic N) is 1. The lowest BCUT2D eigenvalue weighted by Crippen LogP contribution is -2.39. The molecule has 0 aromatic carbocycles. The second kappa shape index (κ2) is 3.88. The Kier molecular flexibility index (Phi) is 3.35. The highest BCUT2D eigenvalue weighted by Crippen LogP contribution is 2.51. The molecule has 0 spiro atoms. The second-order valence-corrected chi connectivity index (χ2v) is 5.84. The predicted octanol–water partition coefficient (Wildman–Crippen LogP) is 2.72.